The third-order valence-electron chi connectivity index (χ3n) is 2.91. The number of hydrogen-bond donors (Lipinski definition) is 0. The molecule has 0 radical (unpaired) electrons. The summed E-state index contributed by atoms with van der Waals surface area (Å²) >= 11 is 5.72. The highest BCUT2D eigenvalue weighted by molar-refractivity contribution is 6.28. The van der Waals surface area contributed by atoms with Crippen LogP contribution in [0, 0.1) is 24.0 Å². The van der Waals surface area contributed by atoms with Crippen LogP contribution >= 0.6 is 11.6 Å². The molecule has 0 saturated heterocycles. The van der Waals surface area contributed by atoms with Crippen LogP contribution in [0.5, 0.6) is 0 Å². The molecule has 0 bridgehead atoms. The lowest BCUT2D eigenvalue weighted by Crippen LogP contribution is -2.07. The smallest absolute Gasteiger partial charge is 0.258 e. The molecule has 2 aromatic rings. The van der Waals surface area contributed by atoms with E-state index >= 15 is 0 Å². The lowest BCUT2D eigenvalue weighted by Gasteiger charge is -2.04. The minimum absolute atomic E-state index is 0.0498. The first-order valence-electron chi connectivity index (χ1n) is 5.68. The van der Waals surface area contributed by atoms with Crippen LogP contribution in [0.1, 0.15) is 23.9 Å². The average molecular weight is 282 g/mol. The Balaban J connectivity index is 2.71. The maximum Gasteiger partial charge on any atom is 0.331 e. The van der Waals surface area contributed by atoms with Gasteiger partial charge in [-0.15, -0.1) is 0 Å². The summed E-state index contributed by atoms with van der Waals surface area (Å²) in [6.07, 6.45) is 1.89. The van der Waals surface area contributed by atoms with Crippen LogP contribution in [0.4, 0.5) is 5.69 Å². The van der Waals surface area contributed by atoms with E-state index in [1.165, 1.54) is 4.68 Å². The molecule has 2 heterocycles. The average Bonchev–Trinajstić information content (AvgIpc) is 2.63. The maximum atomic E-state index is 11.0. The summed E-state index contributed by atoms with van der Waals surface area (Å²) < 4.78 is 1.44. The van der Waals surface area contributed by atoms with Crippen molar-refractivity contribution >= 4 is 17.3 Å². The van der Waals surface area contributed by atoms with E-state index in [0.717, 1.165) is 29.6 Å². The topological polar surface area (TPSA) is 86.7 Å². The van der Waals surface area contributed by atoms with Crippen molar-refractivity contribution in [2.45, 2.75) is 27.2 Å². The first kappa shape index (κ1) is 13.4. The third-order valence-corrected chi connectivity index (χ3v) is 3.09. The van der Waals surface area contributed by atoms with Crippen LogP contribution in [0.25, 0.3) is 5.82 Å². The molecule has 0 fully saturated rings. The Labute approximate surface area is 114 Å². The molecule has 0 aromatic carbocycles. The summed E-state index contributed by atoms with van der Waals surface area (Å²) in [7, 11) is 0. The van der Waals surface area contributed by atoms with E-state index in [1.54, 1.807) is 0 Å². The fraction of sp³-hybridized carbons (Fsp3) is 0.364. The van der Waals surface area contributed by atoms with Crippen LogP contribution in [-0.4, -0.2) is 24.7 Å². The molecule has 2 aromatic heterocycles. The molecular weight excluding hydrogens is 270 g/mol. The Morgan fingerprint density at radius 1 is 1.47 bits per heavy atom. The van der Waals surface area contributed by atoms with Crippen LogP contribution in [0.3, 0.4) is 0 Å². The summed E-state index contributed by atoms with van der Waals surface area (Å²) in [6, 6.07) is 0. The van der Waals surface area contributed by atoms with Gasteiger partial charge in [-0.05, 0) is 37.4 Å². The number of halogens is 1. The Hall–Kier alpha value is -2.02. The van der Waals surface area contributed by atoms with Crippen molar-refractivity contribution in [1.82, 2.24) is 19.7 Å². The molecule has 0 aliphatic carbocycles. The Morgan fingerprint density at radius 3 is 2.68 bits per heavy atom. The molecule has 19 heavy (non-hydrogen) atoms. The molecule has 2 rings (SSSR count). The second-order valence-electron chi connectivity index (χ2n) is 4.02. The first-order chi connectivity index (χ1) is 8.95. The molecule has 0 atom stereocenters. The molecular formula is C11H12ClN5O2. The van der Waals surface area contributed by atoms with Gasteiger partial charge in [-0.3, -0.25) is 10.1 Å². The Kier molecular flexibility index (Phi) is 3.48. The summed E-state index contributed by atoms with van der Waals surface area (Å²) in [5.74, 6) is 0.0882. The van der Waals surface area contributed by atoms with Gasteiger partial charge < -0.3 is 0 Å². The van der Waals surface area contributed by atoms with Crippen LogP contribution in [0.15, 0.2) is 6.20 Å². The van der Waals surface area contributed by atoms with E-state index < -0.39 is 4.92 Å². The fourth-order valence-corrected chi connectivity index (χ4v) is 2.15. The van der Waals surface area contributed by atoms with Gasteiger partial charge in [0, 0.05) is 5.69 Å². The van der Waals surface area contributed by atoms with Gasteiger partial charge in [0.15, 0.2) is 0 Å². The molecule has 100 valence electrons. The number of aryl methyl sites for hydroxylation is 1. The van der Waals surface area contributed by atoms with Gasteiger partial charge in [0.25, 0.3) is 0 Å². The number of hydrogen-bond acceptors (Lipinski definition) is 5. The van der Waals surface area contributed by atoms with E-state index in [1.807, 2.05) is 20.8 Å². The van der Waals surface area contributed by atoms with E-state index in [0.29, 0.717) is 0 Å². The molecule has 0 unspecified atom stereocenters. The maximum absolute atomic E-state index is 11.0. The second-order valence-corrected chi connectivity index (χ2v) is 4.36. The molecule has 7 nitrogen and oxygen atoms in total. The predicted octanol–water partition coefficient (Wildman–Crippen LogP) is 2.40. The molecule has 0 aliphatic heterocycles. The van der Waals surface area contributed by atoms with Gasteiger partial charge in [0.1, 0.15) is 6.20 Å². The van der Waals surface area contributed by atoms with Crippen molar-refractivity contribution in [1.29, 1.82) is 0 Å². The van der Waals surface area contributed by atoms with Crippen molar-refractivity contribution in [3.63, 3.8) is 0 Å². The monoisotopic (exact) mass is 281 g/mol. The molecule has 0 saturated carbocycles. The highest BCUT2D eigenvalue weighted by Crippen LogP contribution is 2.24. The zero-order chi connectivity index (χ0) is 14.2. The van der Waals surface area contributed by atoms with Crippen molar-refractivity contribution in [3.8, 4) is 5.82 Å². The number of nitro groups is 1. The lowest BCUT2D eigenvalue weighted by molar-refractivity contribution is -0.385. The predicted molar refractivity (Wildman–Crippen MR) is 69.7 cm³/mol. The van der Waals surface area contributed by atoms with Gasteiger partial charge in [-0.1, -0.05) is 6.92 Å². The summed E-state index contributed by atoms with van der Waals surface area (Å²) in [6.45, 7) is 5.71. The van der Waals surface area contributed by atoms with Gasteiger partial charge in [-0.2, -0.15) is 10.1 Å². The second kappa shape index (κ2) is 4.93. The quantitative estimate of drug-likeness (QED) is 0.490. The van der Waals surface area contributed by atoms with E-state index in [4.69, 9.17) is 11.6 Å². The largest absolute Gasteiger partial charge is 0.331 e. The first-order valence-corrected chi connectivity index (χ1v) is 6.05. The highest BCUT2D eigenvalue weighted by atomic mass is 35.5. The molecule has 0 amide bonds. The van der Waals surface area contributed by atoms with Crippen LogP contribution in [0.2, 0.25) is 5.28 Å². The number of aromatic nitrogens is 4. The fourth-order valence-electron chi connectivity index (χ4n) is 2.02. The van der Waals surface area contributed by atoms with E-state index in [-0.39, 0.29) is 16.8 Å². The minimum Gasteiger partial charge on any atom is -0.258 e. The normalized spacial score (nSPS) is 10.7. The zero-order valence-corrected chi connectivity index (χ0v) is 11.5. The van der Waals surface area contributed by atoms with E-state index in [9.17, 15) is 10.1 Å². The highest BCUT2D eigenvalue weighted by Gasteiger charge is 2.22. The lowest BCUT2D eigenvalue weighted by atomic mass is 10.1. The van der Waals surface area contributed by atoms with Crippen molar-refractivity contribution in [2.24, 2.45) is 0 Å². The molecule has 0 N–H and O–H groups in total. The Morgan fingerprint density at radius 2 is 2.16 bits per heavy atom. The zero-order valence-electron chi connectivity index (χ0n) is 10.7. The number of rotatable bonds is 3. The van der Waals surface area contributed by atoms with Crippen molar-refractivity contribution < 1.29 is 4.92 Å². The van der Waals surface area contributed by atoms with Crippen LogP contribution < -0.4 is 0 Å². The van der Waals surface area contributed by atoms with E-state index in [2.05, 4.69) is 15.1 Å². The third kappa shape index (κ3) is 2.28. The van der Waals surface area contributed by atoms with Crippen molar-refractivity contribution in [3.05, 3.63) is 38.5 Å². The Bertz CT molecular complexity index is 653. The van der Waals surface area contributed by atoms with Gasteiger partial charge in [0.2, 0.25) is 11.1 Å². The number of nitrogens with zero attached hydrogens (tertiary/aromatic N) is 5. The summed E-state index contributed by atoms with van der Waals surface area (Å²) in [5.41, 5.74) is 2.46. The molecule has 8 heteroatoms. The molecule has 0 spiro atoms. The van der Waals surface area contributed by atoms with Gasteiger partial charge in [-0.25, -0.2) is 9.67 Å². The summed E-state index contributed by atoms with van der Waals surface area (Å²) in [4.78, 5) is 18.0. The minimum atomic E-state index is -0.548. The summed E-state index contributed by atoms with van der Waals surface area (Å²) in [5, 5.41) is 15.3. The SMILES string of the molecule is CCc1c(C)nn(-c2nc(Cl)ncc2[N+](=O)[O-])c1C. The molecule has 0 aliphatic rings. The van der Waals surface area contributed by atoms with Crippen LogP contribution in [-0.2, 0) is 6.42 Å². The van der Waals surface area contributed by atoms with Gasteiger partial charge >= 0.3 is 5.69 Å². The van der Waals surface area contributed by atoms with Crippen molar-refractivity contribution in [2.75, 3.05) is 0 Å². The van der Waals surface area contributed by atoms with Gasteiger partial charge in [0.05, 0.1) is 10.6 Å². The standard InChI is InChI=1S/C11H12ClN5O2/c1-4-8-6(2)15-16(7(8)3)10-9(17(18)19)5-13-11(12)14-10/h5H,4H2,1-3H3.